The number of primary amides is 1. The molecule has 4 N–H and O–H groups in total. The molecule has 2 aromatic carbocycles. The number of likely N-dealkylation sites (N-methyl/N-ethyl adjacent to an activating group) is 1. The monoisotopic (exact) mass is 488 g/mol. The normalized spacial score (nSPS) is 16.2. The minimum atomic E-state index is -0.917. The van der Waals surface area contributed by atoms with Crippen LogP contribution in [0.15, 0.2) is 48.5 Å². The molecule has 186 valence electrons. The number of H-pyrrole nitrogens is 1. The van der Waals surface area contributed by atoms with E-state index in [9.17, 15) is 14.7 Å². The van der Waals surface area contributed by atoms with Crippen LogP contribution in [-0.2, 0) is 11.2 Å². The lowest BCUT2D eigenvalue weighted by atomic mass is 9.95. The molecule has 3 aromatic rings. The number of ether oxygens (including phenoxy) is 1. The van der Waals surface area contributed by atoms with E-state index in [1.54, 1.807) is 11.9 Å². The standard InChI is InChI=1S/C16H18N2O3.C10H10N4O/c1-17-10-16(20,11-17)7-5-12-3-4-14-13(9-12)18(2)15(19)6-8-21-14;11-9(15)10-12-8(13-14-10)6-7-4-2-1-3-5-7/h3-4,9,20H,6,8,10-11H2,1-2H3;1-5H,6H2,(H2,11,15)(H,12,13,14). The van der Waals surface area contributed by atoms with Crippen molar-refractivity contribution >= 4 is 17.5 Å². The number of rotatable bonds is 3. The van der Waals surface area contributed by atoms with Crippen molar-refractivity contribution in [1.29, 1.82) is 0 Å². The maximum atomic E-state index is 11.9. The van der Waals surface area contributed by atoms with Crippen LogP contribution in [0.5, 0.6) is 5.75 Å². The summed E-state index contributed by atoms with van der Waals surface area (Å²) in [5.74, 6) is 6.66. The molecule has 2 aliphatic heterocycles. The van der Waals surface area contributed by atoms with Gasteiger partial charge in [-0.3, -0.25) is 19.6 Å². The third kappa shape index (κ3) is 6.07. The molecule has 2 aliphatic rings. The Morgan fingerprint density at radius 3 is 2.64 bits per heavy atom. The van der Waals surface area contributed by atoms with Crippen LogP contribution in [0.1, 0.15) is 34.0 Å². The molecule has 0 bridgehead atoms. The average molecular weight is 489 g/mol. The van der Waals surface area contributed by atoms with Crippen molar-refractivity contribution in [2.24, 2.45) is 5.73 Å². The highest BCUT2D eigenvalue weighted by Gasteiger charge is 2.37. The Morgan fingerprint density at radius 1 is 1.22 bits per heavy atom. The van der Waals surface area contributed by atoms with E-state index in [1.165, 1.54) is 0 Å². The quantitative estimate of drug-likeness (QED) is 0.467. The van der Waals surface area contributed by atoms with Gasteiger partial charge in [-0.05, 0) is 30.8 Å². The molecule has 0 aliphatic carbocycles. The number of β-amino-alcohol motifs (C(OH)–C–C–N with tert-alkyl or cyclic N) is 1. The van der Waals surface area contributed by atoms with Gasteiger partial charge in [-0.25, -0.2) is 4.98 Å². The van der Waals surface area contributed by atoms with E-state index in [4.69, 9.17) is 10.5 Å². The van der Waals surface area contributed by atoms with Crippen LogP contribution < -0.4 is 15.4 Å². The zero-order valence-electron chi connectivity index (χ0n) is 20.2. The Morgan fingerprint density at radius 2 is 1.97 bits per heavy atom. The lowest BCUT2D eigenvalue weighted by Gasteiger charge is -2.40. The molecule has 0 radical (unpaired) electrons. The number of likely N-dealkylation sites (tertiary alicyclic amines) is 1. The van der Waals surface area contributed by atoms with Gasteiger partial charge in [0, 0.05) is 32.1 Å². The lowest BCUT2D eigenvalue weighted by Crippen LogP contribution is -2.59. The SMILES string of the molecule is CN1CC(O)(C#Cc2ccc3c(c2)N(C)C(=O)CCO3)C1.NC(=O)c1n[nH]c(Cc2ccccc2)n1. The van der Waals surface area contributed by atoms with Gasteiger partial charge in [0.25, 0.3) is 5.91 Å². The molecule has 0 unspecified atom stereocenters. The number of anilines is 1. The highest BCUT2D eigenvalue weighted by Crippen LogP contribution is 2.31. The molecule has 1 fully saturated rings. The van der Waals surface area contributed by atoms with Gasteiger partial charge in [-0.15, -0.1) is 5.10 Å². The van der Waals surface area contributed by atoms with Crippen LogP contribution in [0.3, 0.4) is 0 Å². The summed E-state index contributed by atoms with van der Waals surface area (Å²) in [6.45, 7) is 1.52. The summed E-state index contributed by atoms with van der Waals surface area (Å²) < 4.78 is 5.57. The van der Waals surface area contributed by atoms with Gasteiger partial charge in [0.05, 0.1) is 18.7 Å². The van der Waals surface area contributed by atoms with Gasteiger partial charge in [-0.2, -0.15) is 0 Å². The number of nitrogens with one attached hydrogen (secondary N) is 1. The summed E-state index contributed by atoms with van der Waals surface area (Å²) in [5.41, 5.74) is 6.71. The Bertz CT molecular complexity index is 1300. The van der Waals surface area contributed by atoms with Crippen molar-refractivity contribution < 1.29 is 19.4 Å². The van der Waals surface area contributed by atoms with Gasteiger partial charge >= 0.3 is 0 Å². The van der Waals surface area contributed by atoms with Gasteiger partial charge in [-0.1, -0.05) is 42.2 Å². The summed E-state index contributed by atoms with van der Waals surface area (Å²) in [5, 5.41) is 16.5. The number of benzene rings is 2. The number of amides is 2. The maximum Gasteiger partial charge on any atom is 0.288 e. The number of fused-ring (bicyclic) bond motifs is 1. The molecule has 3 heterocycles. The predicted molar refractivity (Wildman–Crippen MR) is 133 cm³/mol. The number of aromatic amines is 1. The van der Waals surface area contributed by atoms with Crippen molar-refractivity contribution in [2.45, 2.75) is 18.4 Å². The molecule has 5 rings (SSSR count). The highest BCUT2D eigenvalue weighted by molar-refractivity contribution is 5.95. The van der Waals surface area contributed by atoms with Crippen LogP contribution >= 0.6 is 0 Å². The molecule has 0 spiro atoms. The first kappa shape index (κ1) is 24.9. The first-order valence-corrected chi connectivity index (χ1v) is 11.4. The van der Waals surface area contributed by atoms with Gasteiger partial charge in [0.2, 0.25) is 11.7 Å². The Labute approximate surface area is 209 Å². The summed E-state index contributed by atoms with van der Waals surface area (Å²) in [6, 6.07) is 15.3. The van der Waals surface area contributed by atoms with Crippen molar-refractivity contribution in [1.82, 2.24) is 20.1 Å². The molecular formula is C26H28N6O4. The van der Waals surface area contributed by atoms with Crippen molar-refractivity contribution in [3.63, 3.8) is 0 Å². The molecule has 10 nitrogen and oxygen atoms in total. The fourth-order valence-electron chi connectivity index (χ4n) is 3.92. The summed E-state index contributed by atoms with van der Waals surface area (Å²) in [7, 11) is 3.68. The molecule has 2 amide bonds. The van der Waals surface area contributed by atoms with Crippen LogP contribution in [0.4, 0.5) is 5.69 Å². The zero-order chi connectivity index (χ0) is 25.7. The number of carbonyl (C=O) groups excluding carboxylic acids is 2. The lowest BCUT2D eigenvalue weighted by molar-refractivity contribution is -0.118. The summed E-state index contributed by atoms with van der Waals surface area (Å²) in [4.78, 5) is 30.2. The molecule has 0 saturated carbocycles. The Hall–Kier alpha value is -4.20. The molecule has 1 aromatic heterocycles. The number of aliphatic hydroxyl groups is 1. The Kier molecular flexibility index (Phi) is 7.33. The second kappa shape index (κ2) is 10.6. The van der Waals surface area contributed by atoms with E-state index >= 15 is 0 Å². The van der Waals surface area contributed by atoms with E-state index in [0.717, 1.165) is 16.8 Å². The maximum absolute atomic E-state index is 11.9. The molecule has 1 saturated heterocycles. The van der Waals surface area contributed by atoms with Crippen LogP contribution in [0, 0.1) is 11.8 Å². The van der Waals surface area contributed by atoms with Gasteiger partial charge in [0.15, 0.2) is 5.60 Å². The van der Waals surface area contributed by atoms with E-state index in [-0.39, 0.29) is 11.7 Å². The topological polar surface area (TPSA) is 138 Å². The number of hydrogen-bond donors (Lipinski definition) is 3. The van der Waals surface area contributed by atoms with Crippen LogP contribution in [0.25, 0.3) is 0 Å². The smallest absolute Gasteiger partial charge is 0.288 e. The highest BCUT2D eigenvalue weighted by atomic mass is 16.5. The molecule has 0 atom stereocenters. The minimum absolute atomic E-state index is 0.0260. The first-order chi connectivity index (χ1) is 17.2. The van der Waals surface area contributed by atoms with Gasteiger partial charge < -0.3 is 20.5 Å². The second-order valence-corrected chi connectivity index (χ2v) is 8.82. The van der Waals surface area contributed by atoms with Crippen molar-refractivity contribution in [3.8, 4) is 17.6 Å². The largest absolute Gasteiger partial charge is 0.491 e. The number of nitrogens with zero attached hydrogens (tertiary/aromatic N) is 4. The third-order valence-electron chi connectivity index (χ3n) is 5.74. The Balaban J connectivity index is 0.000000179. The predicted octanol–water partition coefficient (Wildman–Crippen LogP) is 0.954. The number of aromatic nitrogens is 3. The van der Waals surface area contributed by atoms with E-state index in [2.05, 4.69) is 27.0 Å². The van der Waals surface area contributed by atoms with Gasteiger partial charge in [0.1, 0.15) is 11.6 Å². The molecular weight excluding hydrogens is 460 g/mol. The fourth-order valence-corrected chi connectivity index (χ4v) is 3.92. The van der Waals surface area contributed by atoms with Crippen molar-refractivity contribution in [3.05, 3.63) is 71.3 Å². The van der Waals surface area contributed by atoms with E-state index in [1.807, 2.05) is 60.5 Å². The third-order valence-corrected chi connectivity index (χ3v) is 5.74. The zero-order valence-corrected chi connectivity index (χ0v) is 20.2. The fraction of sp³-hybridized carbons (Fsp3) is 0.308. The number of carbonyl (C=O) groups is 2. The van der Waals surface area contributed by atoms with Crippen LogP contribution in [0.2, 0.25) is 0 Å². The summed E-state index contributed by atoms with van der Waals surface area (Å²) >= 11 is 0. The number of nitrogens with two attached hydrogens (primary N) is 1. The molecule has 10 heteroatoms. The first-order valence-electron chi connectivity index (χ1n) is 11.4. The average Bonchev–Trinajstić information content (AvgIpc) is 3.26. The second-order valence-electron chi connectivity index (χ2n) is 8.82. The summed E-state index contributed by atoms with van der Waals surface area (Å²) in [6.07, 6.45) is 0.986. The van der Waals surface area contributed by atoms with Crippen molar-refractivity contribution in [2.75, 3.05) is 38.7 Å². The minimum Gasteiger partial charge on any atom is -0.491 e. The molecule has 36 heavy (non-hydrogen) atoms. The number of hydrogen-bond acceptors (Lipinski definition) is 7. The van der Waals surface area contributed by atoms with Crippen LogP contribution in [-0.4, -0.2) is 76.4 Å². The van der Waals surface area contributed by atoms with E-state index < -0.39 is 11.5 Å². The van der Waals surface area contributed by atoms with E-state index in [0.29, 0.717) is 44.1 Å².